The largest absolute Gasteiger partial charge is 0.481 e. The van der Waals surface area contributed by atoms with Gasteiger partial charge in [-0.05, 0) is 30.6 Å². The van der Waals surface area contributed by atoms with Gasteiger partial charge >= 0.3 is 12.0 Å². The monoisotopic (exact) mass is 256 g/mol. The molecule has 1 rings (SSSR count). The van der Waals surface area contributed by atoms with Gasteiger partial charge in [-0.25, -0.2) is 4.79 Å². The smallest absolute Gasteiger partial charge is 0.314 e. The van der Waals surface area contributed by atoms with Crippen molar-refractivity contribution < 1.29 is 14.7 Å². The molecule has 1 unspecified atom stereocenters. The van der Waals surface area contributed by atoms with Crippen LogP contribution < -0.4 is 10.6 Å². The van der Waals surface area contributed by atoms with Crippen LogP contribution in [0.1, 0.15) is 46.0 Å². The lowest BCUT2D eigenvalue weighted by molar-refractivity contribution is -0.136. The summed E-state index contributed by atoms with van der Waals surface area (Å²) in [6, 6.07) is -0.264. The van der Waals surface area contributed by atoms with E-state index in [2.05, 4.69) is 24.5 Å². The molecule has 0 spiro atoms. The molecule has 5 heteroatoms. The van der Waals surface area contributed by atoms with E-state index in [1.54, 1.807) is 0 Å². The second-order valence-corrected chi connectivity index (χ2v) is 5.91. The first-order valence-electron chi connectivity index (χ1n) is 6.62. The minimum Gasteiger partial charge on any atom is -0.481 e. The number of aliphatic carboxylic acids is 1. The fourth-order valence-corrected chi connectivity index (χ4v) is 2.61. The lowest BCUT2D eigenvalue weighted by Gasteiger charge is -2.35. The first-order chi connectivity index (χ1) is 8.39. The van der Waals surface area contributed by atoms with E-state index in [4.69, 9.17) is 5.11 Å². The number of carboxylic acid groups (broad SMARTS) is 1. The Kier molecular flexibility index (Phi) is 5.44. The molecule has 1 aliphatic rings. The van der Waals surface area contributed by atoms with Crippen LogP contribution >= 0.6 is 0 Å². The van der Waals surface area contributed by atoms with Gasteiger partial charge in [-0.2, -0.15) is 0 Å². The van der Waals surface area contributed by atoms with Crippen LogP contribution in [-0.4, -0.2) is 30.2 Å². The van der Waals surface area contributed by atoms with E-state index >= 15 is 0 Å². The average Bonchev–Trinajstić information content (AvgIpc) is 2.24. The molecule has 5 nitrogen and oxygen atoms in total. The third kappa shape index (κ3) is 5.89. The molecule has 0 aromatic carbocycles. The van der Waals surface area contributed by atoms with Gasteiger partial charge in [-0.1, -0.05) is 20.3 Å². The van der Waals surface area contributed by atoms with E-state index in [-0.39, 0.29) is 19.0 Å². The Balaban J connectivity index is 2.16. The summed E-state index contributed by atoms with van der Waals surface area (Å²) < 4.78 is 0. The third-order valence-corrected chi connectivity index (χ3v) is 3.48. The number of rotatable bonds is 5. The molecule has 1 saturated carbocycles. The highest BCUT2D eigenvalue weighted by molar-refractivity contribution is 5.74. The van der Waals surface area contributed by atoms with Gasteiger partial charge in [0, 0.05) is 13.1 Å². The second-order valence-electron chi connectivity index (χ2n) is 5.91. The van der Waals surface area contributed by atoms with Crippen LogP contribution in [0.4, 0.5) is 4.79 Å². The molecule has 104 valence electrons. The zero-order valence-corrected chi connectivity index (χ0v) is 11.3. The summed E-state index contributed by atoms with van der Waals surface area (Å²) in [7, 11) is 0. The Morgan fingerprint density at radius 2 is 2.06 bits per heavy atom. The maximum Gasteiger partial charge on any atom is 0.314 e. The standard InChI is InChI=1S/C13H24N2O3/c1-13(2)6-3-4-10(8-13)9-15-12(18)14-7-5-11(16)17/h10H,3-9H2,1-2H3,(H,16,17)(H2,14,15,18). The Hall–Kier alpha value is -1.26. The summed E-state index contributed by atoms with van der Waals surface area (Å²) >= 11 is 0. The van der Waals surface area contributed by atoms with Crippen molar-refractivity contribution in [1.82, 2.24) is 10.6 Å². The van der Waals surface area contributed by atoms with E-state index in [0.717, 1.165) is 6.42 Å². The Bertz CT molecular complexity index is 303. The first kappa shape index (κ1) is 14.8. The van der Waals surface area contributed by atoms with Gasteiger partial charge in [0.2, 0.25) is 0 Å². The molecule has 3 N–H and O–H groups in total. The molecule has 18 heavy (non-hydrogen) atoms. The molecule has 2 amide bonds. The second kappa shape index (κ2) is 6.61. The molecule has 0 aliphatic heterocycles. The quantitative estimate of drug-likeness (QED) is 0.703. The van der Waals surface area contributed by atoms with Crippen LogP contribution in [0.15, 0.2) is 0 Å². The topological polar surface area (TPSA) is 78.4 Å². The Morgan fingerprint density at radius 3 is 2.67 bits per heavy atom. The van der Waals surface area contributed by atoms with Crippen LogP contribution in [0.2, 0.25) is 0 Å². The van der Waals surface area contributed by atoms with Gasteiger partial charge in [0.25, 0.3) is 0 Å². The van der Waals surface area contributed by atoms with Crippen molar-refractivity contribution >= 4 is 12.0 Å². The summed E-state index contributed by atoms with van der Waals surface area (Å²) in [5.41, 5.74) is 0.379. The van der Waals surface area contributed by atoms with Gasteiger partial charge in [-0.15, -0.1) is 0 Å². The van der Waals surface area contributed by atoms with E-state index in [1.807, 2.05) is 0 Å². The maximum atomic E-state index is 11.4. The number of hydrogen-bond donors (Lipinski definition) is 3. The van der Waals surface area contributed by atoms with E-state index in [9.17, 15) is 9.59 Å². The van der Waals surface area contributed by atoms with E-state index in [0.29, 0.717) is 17.9 Å². The molecular formula is C13H24N2O3. The highest BCUT2D eigenvalue weighted by Crippen LogP contribution is 2.38. The normalized spacial score (nSPS) is 22.2. The number of amides is 2. The fourth-order valence-electron chi connectivity index (χ4n) is 2.61. The van der Waals surface area contributed by atoms with Crippen molar-refractivity contribution in [3.63, 3.8) is 0 Å². The minimum absolute atomic E-state index is 0.0378. The molecule has 0 bridgehead atoms. The SMILES string of the molecule is CC1(C)CCCC(CNC(=O)NCCC(=O)O)C1. The van der Waals surface area contributed by atoms with E-state index in [1.165, 1.54) is 19.3 Å². The van der Waals surface area contributed by atoms with Crippen LogP contribution in [0.25, 0.3) is 0 Å². The lowest BCUT2D eigenvalue weighted by Crippen LogP contribution is -2.40. The molecule has 1 fully saturated rings. The number of nitrogens with one attached hydrogen (secondary N) is 2. The molecule has 0 aromatic rings. The van der Waals surface area contributed by atoms with Crippen LogP contribution in [0, 0.1) is 11.3 Å². The number of carbonyl (C=O) groups excluding carboxylic acids is 1. The molecule has 0 aromatic heterocycles. The number of urea groups is 1. The molecule has 0 saturated heterocycles. The molecular weight excluding hydrogens is 232 g/mol. The van der Waals surface area contributed by atoms with Crippen molar-refractivity contribution in [2.45, 2.75) is 46.0 Å². The summed E-state index contributed by atoms with van der Waals surface area (Å²) in [5.74, 6) is -0.358. The van der Waals surface area contributed by atoms with Gasteiger partial charge in [-0.3, -0.25) is 4.79 Å². The van der Waals surface area contributed by atoms with Crippen molar-refractivity contribution in [3.05, 3.63) is 0 Å². The molecule has 1 atom stereocenters. The summed E-state index contributed by atoms with van der Waals surface area (Å²) in [6.07, 6.45) is 4.75. The number of carbonyl (C=O) groups is 2. The van der Waals surface area contributed by atoms with Gasteiger partial charge in [0.1, 0.15) is 0 Å². The minimum atomic E-state index is -0.899. The number of carboxylic acids is 1. The zero-order valence-electron chi connectivity index (χ0n) is 11.3. The summed E-state index contributed by atoms with van der Waals surface area (Å²) in [5, 5.41) is 13.8. The van der Waals surface area contributed by atoms with Gasteiger partial charge in [0.05, 0.1) is 6.42 Å². The average molecular weight is 256 g/mol. The fraction of sp³-hybridized carbons (Fsp3) is 0.846. The Morgan fingerprint density at radius 1 is 1.33 bits per heavy atom. The zero-order chi connectivity index (χ0) is 13.6. The maximum absolute atomic E-state index is 11.4. The third-order valence-electron chi connectivity index (χ3n) is 3.48. The van der Waals surface area contributed by atoms with Gasteiger partial charge < -0.3 is 15.7 Å². The molecule has 0 heterocycles. The lowest BCUT2D eigenvalue weighted by atomic mass is 9.72. The predicted octanol–water partition coefficient (Wildman–Crippen LogP) is 1.98. The molecule has 0 radical (unpaired) electrons. The van der Waals surface area contributed by atoms with E-state index < -0.39 is 5.97 Å². The van der Waals surface area contributed by atoms with Crippen molar-refractivity contribution in [3.8, 4) is 0 Å². The highest BCUT2D eigenvalue weighted by atomic mass is 16.4. The van der Waals surface area contributed by atoms with Crippen LogP contribution in [0.5, 0.6) is 0 Å². The van der Waals surface area contributed by atoms with Crippen molar-refractivity contribution in [2.24, 2.45) is 11.3 Å². The number of hydrogen-bond acceptors (Lipinski definition) is 2. The predicted molar refractivity (Wildman–Crippen MR) is 69.4 cm³/mol. The van der Waals surface area contributed by atoms with Gasteiger partial charge in [0.15, 0.2) is 0 Å². The Labute approximate surface area is 108 Å². The van der Waals surface area contributed by atoms with Crippen molar-refractivity contribution in [1.29, 1.82) is 0 Å². The van der Waals surface area contributed by atoms with Crippen LogP contribution in [0.3, 0.4) is 0 Å². The van der Waals surface area contributed by atoms with Crippen molar-refractivity contribution in [2.75, 3.05) is 13.1 Å². The highest BCUT2D eigenvalue weighted by Gasteiger charge is 2.27. The van der Waals surface area contributed by atoms with Crippen LogP contribution in [-0.2, 0) is 4.79 Å². The summed E-state index contributed by atoms with van der Waals surface area (Å²) in [4.78, 5) is 21.7. The molecule has 1 aliphatic carbocycles. The summed E-state index contributed by atoms with van der Waals surface area (Å²) in [6.45, 7) is 5.40. The first-order valence-corrected chi connectivity index (χ1v) is 6.62.